The van der Waals surface area contributed by atoms with Gasteiger partial charge < -0.3 is 15.5 Å². The summed E-state index contributed by atoms with van der Waals surface area (Å²) in [6.45, 7) is 2.91. The Morgan fingerprint density at radius 1 is 1.16 bits per heavy atom. The van der Waals surface area contributed by atoms with Gasteiger partial charge in [-0.1, -0.05) is 25.1 Å². The minimum absolute atomic E-state index is 0.114. The topological polar surface area (TPSA) is 98.1 Å². The van der Waals surface area contributed by atoms with Crippen LogP contribution in [0.15, 0.2) is 48.5 Å². The summed E-state index contributed by atoms with van der Waals surface area (Å²) in [5.41, 5.74) is 2.33. The quantitative estimate of drug-likeness (QED) is 0.521. The number of carbonyl (C=O) groups is 2. The van der Waals surface area contributed by atoms with E-state index in [1.54, 1.807) is 0 Å². The third-order valence-corrected chi connectivity index (χ3v) is 6.38. The molecule has 164 valence electrons. The second kappa shape index (κ2) is 9.37. The van der Waals surface area contributed by atoms with Crippen LogP contribution in [0.25, 0.3) is 10.2 Å². The van der Waals surface area contributed by atoms with Gasteiger partial charge in [-0.2, -0.15) is 5.26 Å². The largest absolute Gasteiger partial charge is 0.347 e. The highest BCUT2D eigenvalue weighted by atomic mass is 32.1. The number of para-hydroxylation sites is 1. The summed E-state index contributed by atoms with van der Waals surface area (Å²) < 4.78 is 1.02. The molecule has 0 radical (unpaired) electrons. The first-order chi connectivity index (χ1) is 15.5. The Kier molecular flexibility index (Phi) is 6.37. The van der Waals surface area contributed by atoms with Crippen molar-refractivity contribution in [1.29, 1.82) is 5.26 Å². The second-order valence-electron chi connectivity index (χ2n) is 7.94. The van der Waals surface area contributed by atoms with Crippen molar-refractivity contribution in [3.63, 3.8) is 0 Å². The monoisotopic (exact) mass is 447 g/mol. The van der Waals surface area contributed by atoms with E-state index in [1.807, 2.05) is 24.3 Å². The summed E-state index contributed by atoms with van der Waals surface area (Å²) >= 11 is 1.48. The smallest absolute Gasteiger partial charge is 0.240 e. The van der Waals surface area contributed by atoms with E-state index in [9.17, 15) is 9.59 Å². The van der Waals surface area contributed by atoms with Crippen LogP contribution in [-0.4, -0.2) is 35.4 Å². The van der Waals surface area contributed by atoms with Gasteiger partial charge in [0.05, 0.1) is 29.3 Å². The number of nitriles is 1. The number of aromatic nitrogens is 1. The van der Waals surface area contributed by atoms with Crippen LogP contribution in [0.4, 0.5) is 11.4 Å². The Morgan fingerprint density at radius 3 is 2.62 bits per heavy atom. The Morgan fingerprint density at radius 2 is 1.94 bits per heavy atom. The van der Waals surface area contributed by atoms with Crippen LogP contribution in [-0.2, 0) is 16.0 Å². The van der Waals surface area contributed by atoms with E-state index in [0.717, 1.165) is 34.6 Å². The molecule has 0 spiro atoms. The van der Waals surface area contributed by atoms with E-state index in [4.69, 9.17) is 5.26 Å². The lowest BCUT2D eigenvalue weighted by Crippen LogP contribution is -2.43. The zero-order valence-corrected chi connectivity index (χ0v) is 18.7. The minimum atomic E-state index is -0.724. The van der Waals surface area contributed by atoms with Crippen LogP contribution in [0, 0.1) is 11.3 Å². The number of rotatable bonds is 9. The summed E-state index contributed by atoms with van der Waals surface area (Å²) in [6.07, 6.45) is 2.45. The van der Waals surface area contributed by atoms with Gasteiger partial charge in [-0.15, -0.1) is 11.3 Å². The molecule has 0 bridgehead atoms. The molecule has 0 saturated heterocycles. The summed E-state index contributed by atoms with van der Waals surface area (Å²) in [5.74, 6) is -0.610. The maximum absolute atomic E-state index is 12.3. The van der Waals surface area contributed by atoms with E-state index in [2.05, 4.69) is 57.8 Å². The van der Waals surface area contributed by atoms with Gasteiger partial charge in [0, 0.05) is 17.9 Å². The van der Waals surface area contributed by atoms with Crippen molar-refractivity contribution >= 4 is 44.7 Å². The first-order valence-corrected chi connectivity index (χ1v) is 11.5. The molecular weight excluding hydrogens is 422 g/mol. The number of fused-ring (bicyclic) bond motifs is 1. The van der Waals surface area contributed by atoms with E-state index in [1.165, 1.54) is 11.3 Å². The number of hydrogen-bond acceptors (Lipinski definition) is 6. The molecule has 4 rings (SSSR count). The molecule has 1 heterocycles. The zero-order chi connectivity index (χ0) is 22.6. The number of carbonyl (C=O) groups excluding carboxylic acids is 2. The normalized spacial score (nSPS) is 13.9. The number of hydrogen-bond donors (Lipinski definition) is 2. The van der Waals surface area contributed by atoms with Gasteiger partial charge in [0.2, 0.25) is 11.8 Å². The van der Waals surface area contributed by atoms with Gasteiger partial charge in [-0.25, -0.2) is 4.98 Å². The Labute approximate surface area is 191 Å². The molecule has 2 amide bonds. The average Bonchev–Trinajstić information content (AvgIpc) is 3.46. The molecule has 7 nitrogen and oxygen atoms in total. The number of nitrogens with zero attached hydrogens (tertiary/aromatic N) is 3. The summed E-state index contributed by atoms with van der Waals surface area (Å²) in [6, 6.07) is 18.5. The van der Waals surface area contributed by atoms with Gasteiger partial charge in [0.25, 0.3) is 0 Å². The first-order valence-electron chi connectivity index (χ1n) is 10.7. The summed E-state index contributed by atoms with van der Waals surface area (Å²) in [5, 5.41) is 15.0. The third-order valence-electron chi connectivity index (χ3n) is 5.34. The molecule has 0 atom stereocenters. The van der Waals surface area contributed by atoms with Crippen LogP contribution in [0.1, 0.15) is 31.2 Å². The second-order valence-corrected chi connectivity index (χ2v) is 9.06. The molecule has 2 N–H and O–H groups in total. The highest BCUT2D eigenvalue weighted by Gasteiger charge is 2.44. The van der Waals surface area contributed by atoms with Gasteiger partial charge in [-0.05, 0) is 49.6 Å². The van der Waals surface area contributed by atoms with Crippen molar-refractivity contribution in [3.05, 3.63) is 53.5 Å². The third kappa shape index (κ3) is 5.06. The number of nitrogens with one attached hydrogen (secondary N) is 2. The highest BCUT2D eigenvalue weighted by molar-refractivity contribution is 7.18. The molecular formula is C24H25N5O2S. The predicted molar refractivity (Wildman–Crippen MR) is 126 cm³/mol. The number of benzene rings is 2. The maximum atomic E-state index is 12.3. The molecule has 8 heteroatoms. The van der Waals surface area contributed by atoms with Crippen molar-refractivity contribution in [2.24, 2.45) is 0 Å². The van der Waals surface area contributed by atoms with Crippen LogP contribution in [0.3, 0.4) is 0 Å². The van der Waals surface area contributed by atoms with Crippen LogP contribution in [0.5, 0.6) is 0 Å². The average molecular weight is 448 g/mol. The van der Waals surface area contributed by atoms with Crippen molar-refractivity contribution in [2.45, 2.75) is 38.1 Å². The fourth-order valence-electron chi connectivity index (χ4n) is 3.53. The number of anilines is 2. The number of thiazole rings is 1. The Bertz CT molecular complexity index is 1160. The molecule has 32 heavy (non-hydrogen) atoms. The van der Waals surface area contributed by atoms with E-state index >= 15 is 0 Å². The Hall–Kier alpha value is -3.44. The molecule has 1 aliphatic rings. The Balaban J connectivity index is 1.40. The van der Waals surface area contributed by atoms with Crippen molar-refractivity contribution in [1.82, 2.24) is 15.6 Å². The fraction of sp³-hybridized carbons (Fsp3) is 0.333. The lowest BCUT2D eigenvalue weighted by atomic mass is 10.2. The lowest BCUT2D eigenvalue weighted by Gasteiger charge is -2.24. The first kappa shape index (κ1) is 21.8. The molecule has 0 aliphatic heterocycles. The molecule has 0 unspecified atom stereocenters. The maximum Gasteiger partial charge on any atom is 0.240 e. The van der Waals surface area contributed by atoms with E-state index in [0.29, 0.717) is 17.8 Å². The van der Waals surface area contributed by atoms with Gasteiger partial charge in [-0.3, -0.25) is 9.59 Å². The molecule has 1 aromatic heterocycles. The SMILES string of the molecule is CCCN(c1ccccc1)c1ccc2sc(CC(=O)NCC(=O)NC3(C#N)CC3)nc2c1. The van der Waals surface area contributed by atoms with E-state index < -0.39 is 5.54 Å². The lowest BCUT2D eigenvalue weighted by molar-refractivity contribution is -0.126. The molecule has 1 fully saturated rings. The molecule has 3 aromatic rings. The van der Waals surface area contributed by atoms with Gasteiger partial charge in [0.15, 0.2) is 0 Å². The predicted octanol–water partition coefficient (Wildman–Crippen LogP) is 3.68. The molecule has 1 aliphatic carbocycles. The van der Waals surface area contributed by atoms with Crippen molar-refractivity contribution in [2.75, 3.05) is 18.0 Å². The zero-order valence-electron chi connectivity index (χ0n) is 17.9. The molecule has 1 saturated carbocycles. The summed E-state index contributed by atoms with van der Waals surface area (Å²) in [7, 11) is 0. The van der Waals surface area contributed by atoms with Gasteiger partial charge >= 0.3 is 0 Å². The van der Waals surface area contributed by atoms with Crippen LogP contribution >= 0.6 is 11.3 Å². The van der Waals surface area contributed by atoms with Gasteiger partial charge in [0.1, 0.15) is 10.5 Å². The van der Waals surface area contributed by atoms with E-state index in [-0.39, 0.29) is 24.8 Å². The minimum Gasteiger partial charge on any atom is -0.347 e. The van der Waals surface area contributed by atoms with Crippen molar-refractivity contribution in [3.8, 4) is 6.07 Å². The van der Waals surface area contributed by atoms with Crippen LogP contribution in [0.2, 0.25) is 0 Å². The highest BCUT2D eigenvalue weighted by Crippen LogP contribution is 2.34. The standard InChI is InChI=1S/C24H25N5O2S/c1-2-12-29(17-6-4-3-5-7-17)18-8-9-20-19(13-18)27-23(32-20)14-21(30)26-15-22(31)28-24(16-25)10-11-24/h3-9,13H,2,10-12,14-15H2,1H3,(H,26,30)(H,28,31). The van der Waals surface area contributed by atoms with Crippen LogP contribution < -0.4 is 15.5 Å². The number of amides is 2. The summed E-state index contributed by atoms with van der Waals surface area (Å²) in [4.78, 5) is 31.1. The van der Waals surface area contributed by atoms with Crippen molar-refractivity contribution < 1.29 is 9.59 Å². The molecule has 2 aromatic carbocycles. The fourth-order valence-corrected chi connectivity index (χ4v) is 4.47.